The minimum absolute atomic E-state index is 0.0885. The Morgan fingerprint density at radius 3 is 2.50 bits per heavy atom. The van der Waals surface area contributed by atoms with Crippen molar-refractivity contribution in [3.8, 4) is 0 Å². The molecule has 5 nitrogen and oxygen atoms in total. The lowest BCUT2D eigenvalue weighted by atomic mass is 10.0. The Labute approximate surface area is 161 Å². The van der Waals surface area contributed by atoms with Crippen molar-refractivity contribution in [2.45, 2.75) is 45.2 Å². The molecule has 0 aliphatic heterocycles. The van der Waals surface area contributed by atoms with Crippen molar-refractivity contribution in [2.24, 2.45) is 0 Å². The fourth-order valence-corrected chi connectivity index (χ4v) is 3.60. The Kier molecular flexibility index (Phi) is 5.51. The molecule has 1 N–H and O–H groups in total. The van der Waals surface area contributed by atoms with Gasteiger partial charge < -0.3 is 14.6 Å². The van der Waals surface area contributed by atoms with Gasteiger partial charge in [0, 0.05) is 21.9 Å². The molecule has 1 atom stereocenters. The quantitative estimate of drug-likeness (QED) is 0.713. The topological polar surface area (TPSA) is 60.3 Å². The first-order chi connectivity index (χ1) is 12.4. The number of carbonyl (C=O) groups is 2. The Balaban J connectivity index is 1.84. The molecule has 1 amide bonds. The fourth-order valence-electron chi connectivity index (χ4n) is 3.33. The molecule has 1 aliphatic carbocycles. The van der Waals surface area contributed by atoms with Crippen LogP contribution in [0.2, 0.25) is 0 Å². The summed E-state index contributed by atoms with van der Waals surface area (Å²) in [4.78, 5) is 24.7. The van der Waals surface area contributed by atoms with Gasteiger partial charge in [-0.15, -0.1) is 0 Å². The van der Waals surface area contributed by atoms with E-state index in [0.29, 0.717) is 11.6 Å². The molecule has 2 aromatic rings. The molecule has 138 valence electrons. The number of aryl methyl sites for hydroxylation is 1. The number of nitrogens with zero attached hydrogens (tertiary/aromatic N) is 1. The van der Waals surface area contributed by atoms with E-state index in [0.717, 1.165) is 21.4 Å². The van der Waals surface area contributed by atoms with Gasteiger partial charge in [-0.3, -0.25) is 9.59 Å². The van der Waals surface area contributed by atoms with Gasteiger partial charge in [-0.25, -0.2) is 0 Å². The standard InChI is InChI=1S/C20H23BrN2O3/c1-12-10-17(13(2)23(12)16-8-9-16)20(25)22-18(11-19(24)26-3)14-4-6-15(21)7-5-14/h4-7,10,16,18H,8-9,11H2,1-3H3,(H,22,25). The van der Waals surface area contributed by atoms with Crippen LogP contribution in [0, 0.1) is 13.8 Å². The Hall–Kier alpha value is -2.08. The molecule has 1 saturated carbocycles. The first-order valence-electron chi connectivity index (χ1n) is 8.72. The van der Waals surface area contributed by atoms with Gasteiger partial charge in [-0.1, -0.05) is 28.1 Å². The third-order valence-corrected chi connectivity index (χ3v) is 5.35. The highest BCUT2D eigenvalue weighted by Gasteiger charge is 2.29. The lowest BCUT2D eigenvalue weighted by molar-refractivity contribution is -0.141. The van der Waals surface area contributed by atoms with Gasteiger partial charge in [-0.2, -0.15) is 0 Å². The van der Waals surface area contributed by atoms with E-state index in [1.54, 1.807) is 0 Å². The zero-order valence-electron chi connectivity index (χ0n) is 15.2. The molecule has 0 spiro atoms. The Bertz CT molecular complexity index is 822. The summed E-state index contributed by atoms with van der Waals surface area (Å²) in [7, 11) is 1.35. The lowest BCUT2D eigenvalue weighted by Crippen LogP contribution is -2.30. The van der Waals surface area contributed by atoms with Crippen molar-refractivity contribution in [1.82, 2.24) is 9.88 Å². The number of esters is 1. The van der Waals surface area contributed by atoms with Crippen LogP contribution in [-0.2, 0) is 9.53 Å². The van der Waals surface area contributed by atoms with E-state index >= 15 is 0 Å². The minimum atomic E-state index is -0.438. The smallest absolute Gasteiger partial charge is 0.307 e. The molecule has 1 heterocycles. The van der Waals surface area contributed by atoms with Crippen LogP contribution in [0.25, 0.3) is 0 Å². The van der Waals surface area contributed by atoms with Crippen LogP contribution in [0.3, 0.4) is 0 Å². The van der Waals surface area contributed by atoms with Crippen LogP contribution in [0.4, 0.5) is 0 Å². The summed E-state index contributed by atoms with van der Waals surface area (Å²) in [6.07, 6.45) is 2.42. The van der Waals surface area contributed by atoms with Gasteiger partial charge in [0.1, 0.15) is 0 Å². The third kappa shape index (κ3) is 4.01. The molecule has 0 radical (unpaired) electrons. The normalized spacial score (nSPS) is 14.8. The molecule has 6 heteroatoms. The van der Waals surface area contributed by atoms with Gasteiger partial charge in [0.2, 0.25) is 0 Å². The zero-order valence-corrected chi connectivity index (χ0v) is 16.8. The highest BCUT2D eigenvalue weighted by atomic mass is 79.9. The van der Waals surface area contributed by atoms with Crippen LogP contribution in [0.5, 0.6) is 0 Å². The van der Waals surface area contributed by atoms with Gasteiger partial charge >= 0.3 is 5.97 Å². The van der Waals surface area contributed by atoms with Crippen LogP contribution in [0.1, 0.15) is 58.7 Å². The number of carbonyl (C=O) groups excluding carboxylic acids is 2. The van der Waals surface area contributed by atoms with Crippen molar-refractivity contribution in [1.29, 1.82) is 0 Å². The van der Waals surface area contributed by atoms with E-state index in [1.807, 2.05) is 44.2 Å². The Morgan fingerprint density at radius 2 is 1.92 bits per heavy atom. The molecular weight excluding hydrogens is 396 g/mol. The zero-order chi connectivity index (χ0) is 18.8. The van der Waals surface area contributed by atoms with Crippen molar-refractivity contribution in [3.63, 3.8) is 0 Å². The lowest BCUT2D eigenvalue weighted by Gasteiger charge is -2.18. The van der Waals surface area contributed by atoms with E-state index in [9.17, 15) is 9.59 Å². The van der Waals surface area contributed by atoms with E-state index < -0.39 is 6.04 Å². The summed E-state index contributed by atoms with van der Waals surface area (Å²) in [5.41, 5.74) is 3.61. The first-order valence-corrected chi connectivity index (χ1v) is 9.51. The summed E-state index contributed by atoms with van der Waals surface area (Å²) in [5, 5.41) is 3.01. The molecule has 0 saturated heterocycles. The molecular formula is C20H23BrN2O3. The molecule has 0 bridgehead atoms. The maximum absolute atomic E-state index is 12.9. The summed E-state index contributed by atoms with van der Waals surface area (Å²) < 4.78 is 7.98. The fraction of sp³-hybridized carbons (Fsp3) is 0.400. The second kappa shape index (κ2) is 7.66. The van der Waals surface area contributed by atoms with Crippen molar-refractivity contribution in [2.75, 3.05) is 7.11 Å². The van der Waals surface area contributed by atoms with Gasteiger partial charge in [0.05, 0.1) is 25.1 Å². The first kappa shape index (κ1) is 18.7. The number of nitrogens with one attached hydrogen (secondary N) is 1. The van der Waals surface area contributed by atoms with Crippen molar-refractivity contribution >= 4 is 27.8 Å². The summed E-state index contributed by atoms with van der Waals surface area (Å²) in [5.74, 6) is -0.525. The second-order valence-electron chi connectivity index (χ2n) is 6.74. The number of ether oxygens (including phenoxy) is 1. The maximum Gasteiger partial charge on any atom is 0.307 e. The van der Waals surface area contributed by atoms with E-state index in [2.05, 4.69) is 25.8 Å². The average Bonchev–Trinajstić information content (AvgIpc) is 3.39. The Morgan fingerprint density at radius 1 is 1.27 bits per heavy atom. The van der Waals surface area contributed by atoms with E-state index in [-0.39, 0.29) is 18.3 Å². The van der Waals surface area contributed by atoms with E-state index in [4.69, 9.17) is 4.74 Å². The molecule has 1 aromatic heterocycles. The predicted octanol–water partition coefficient (Wildman–Crippen LogP) is 4.24. The maximum atomic E-state index is 12.9. The number of aromatic nitrogens is 1. The third-order valence-electron chi connectivity index (χ3n) is 4.82. The molecule has 1 aliphatic rings. The highest BCUT2D eigenvalue weighted by molar-refractivity contribution is 9.10. The van der Waals surface area contributed by atoms with Crippen LogP contribution in [0.15, 0.2) is 34.8 Å². The van der Waals surface area contributed by atoms with Gasteiger partial charge in [0.25, 0.3) is 5.91 Å². The second-order valence-corrected chi connectivity index (χ2v) is 7.66. The van der Waals surface area contributed by atoms with Crippen LogP contribution in [-0.4, -0.2) is 23.6 Å². The predicted molar refractivity (Wildman–Crippen MR) is 103 cm³/mol. The van der Waals surface area contributed by atoms with Crippen LogP contribution < -0.4 is 5.32 Å². The van der Waals surface area contributed by atoms with E-state index in [1.165, 1.54) is 20.0 Å². The van der Waals surface area contributed by atoms with Gasteiger partial charge in [0.15, 0.2) is 0 Å². The molecule has 1 unspecified atom stereocenters. The molecule has 3 rings (SSSR count). The number of halogens is 1. The molecule has 26 heavy (non-hydrogen) atoms. The number of methoxy groups -OCH3 is 1. The molecule has 1 aromatic carbocycles. The average molecular weight is 419 g/mol. The van der Waals surface area contributed by atoms with Crippen molar-refractivity contribution < 1.29 is 14.3 Å². The summed E-state index contributed by atoms with van der Waals surface area (Å²) >= 11 is 3.40. The minimum Gasteiger partial charge on any atom is -0.469 e. The number of benzene rings is 1. The van der Waals surface area contributed by atoms with Crippen molar-refractivity contribution in [3.05, 3.63) is 57.3 Å². The largest absolute Gasteiger partial charge is 0.469 e. The monoisotopic (exact) mass is 418 g/mol. The number of hydrogen-bond donors (Lipinski definition) is 1. The highest BCUT2D eigenvalue weighted by Crippen LogP contribution is 2.38. The van der Waals surface area contributed by atoms with Gasteiger partial charge in [-0.05, 0) is 50.5 Å². The number of hydrogen-bond acceptors (Lipinski definition) is 3. The summed E-state index contributed by atoms with van der Waals surface area (Å²) in [6.45, 7) is 4.01. The summed E-state index contributed by atoms with van der Waals surface area (Å²) in [6, 6.07) is 9.59. The number of rotatable bonds is 6. The number of amides is 1. The SMILES string of the molecule is COC(=O)CC(NC(=O)c1cc(C)n(C2CC2)c1C)c1ccc(Br)cc1. The molecule has 1 fully saturated rings. The van der Waals surface area contributed by atoms with Crippen LogP contribution >= 0.6 is 15.9 Å².